The van der Waals surface area contributed by atoms with Crippen molar-refractivity contribution in [3.05, 3.63) is 63.1 Å². The fourth-order valence-corrected chi connectivity index (χ4v) is 4.59. The van der Waals surface area contributed by atoms with Gasteiger partial charge in [0.1, 0.15) is 12.6 Å². The van der Waals surface area contributed by atoms with Crippen molar-refractivity contribution in [3.63, 3.8) is 0 Å². The molecule has 11 heteroatoms. The first-order valence-electron chi connectivity index (χ1n) is 10.7. The van der Waals surface area contributed by atoms with Crippen LogP contribution < -0.4 is 9.62 Å². The lowest BCUT2D eigenvalue weighted by Crippen LogP contribution is -2.52. The molecule has 186 valence electrons. The summed E-state index contributed by atoms with van der Waals surface area (Å²) in [6, 6.07) is 10.4. The molecule has 0 saturated carbocycles. The van der Waals surface area contributed by atoms with E-state index in [0.717, 1.165) is 22.5 Å². The number of benzene rings is 2. The van der Waals surface area contributed by atoms with E-state index in [1.807, 2.05) is 6.92 Å². The van der Waals surface area contributed by atoms with Crippen molar-refractivity contribution < 1.29 is 18.0 Å². The summed E-state index contributed by atoms with van der Waals surface area (Å²) in [6.45, 7) is 3.79. The predicted octanol–water partition coefficient (Wildman–Crippen LogP) is 4.75. The van der Waals surface area contributed by atoms with Crippen molar-refractivity contribution in [1.29, 1.82) is 0 Å². The van der Waals surface area contributed by atoms with Crippen molar-refractivity contribution >= 4 is 62.3 Å². The van der Waals surface area contributed by atoms with Crippen LogP contribution in [0.4, 0.5) is 5.69 Å². The van der Waals surface area contributed by atoms with E-state index in [1.54, 1.807) is 31.2 Å². The third-order valence-electron chi connectivity index (χ3n) is 5.07. The van der Waals surface area contributed by atoms with Gasteiger partial charge in [-0.1, -0.05) is 60.8 Å². The maximum Gasteiger partial charge on any atom is 0.244 e. The SMILES string of the molecule is CCCNC(=O)[C@H](CC)N(Cc1ccc(Cl)cc1)C(=O)CN(c1ccc(Cl)c(Cl)c1)S(C)(=O)=O. The Morgan fingerprint density at radius 3 is 2.18 bits per heavy atom. The highest BCUT2D eigenvalue weighted by Gasteiger charge is 2.31. The highest BCUT2D eigenvalue weighted by molar-refractivity contribution is 7.92. The van der Waals surface area contributed by atoms with Crippen molar-refractivity contribution in [1.82, 2.24) is 10.2 Å². The molecule has 1 N–H and O–H groups in total. The van der Waals surface area contributed by atoms with Gasteiger partial charge < -0.3 is 10.2 Å². The van der Waals surface area contributed by atoms with Gasteiger partial charge in [-0.05, 0) is 48.7 Å². The molecule has 0 heterocycles. The standard InChI is InChI=1S/C23H28Cl3N3O4S/c1-4-12-27-23(31)21(5-2)28(14-16-6-8-17(24)9-7-16)22(30)15-29(34(3,32)33)18-10-11-19(25)20(26)13-18/h6-11,13,21H,4-5,12,14-15H2,1-3H3,(H,27,31)/t21-/m0/s1. The largest absolute Gasteiger partial charge is 0.354 e. The van der Waals surface area contributed by atoms with Crippen LogP contribution in [0.2, 0.25) is 15.1 Å². The second kappa shape index (κ2) is 12.6. The number of carbonyl (C=O) groups excluding carboxylic acids is 2. The normalized spacial score (nSPS) is 12.2. The zero-order chi connectivity index (χ0) is 25.5. The second-order valence-corrected chi connectivity index (χ2v) is 10.9. The lowest BCUT2D eigenvalue weighted by atomic mass is 10.1. The molecule has 0 aliphatic rings. The summed E-state index contributed by atoms with van der Waals surface area (Å²) in [5.74, 6) is -0.836. The monoisotopic (exact) mass is 547 g/mol. The van der Waals surface area contributed by atoms with Gasteiger partial charge in [-0.15, -0.1) is 0 Å². The quantitative estimate of drug-likeness (QED) is 0.439. The Morgan fingerprint density at radius 2 is 1.65 bits per heavy atom. The summed E-state index contributed by atoms with van der Waals surface area (Å²) < 4.78 is 26.1. The Kier molecular flexibility index (Phi) is 10.5. The molecule has 0 spiro atoms. The molecule has 0 aliphatic carbocycles. The van der Waals surface area contributed by atoms with Gasteiger partial charge in [0.2, 0.25) is 21.8 Å². The Labute approximate surface area is 216 Å². The summed E-state index contributed by atoms with van der Waals surface area (Å²) in [5, 5.41) is 3.78. The Bertz CT molecular complexity index is 1110. The molecule has 1 atom stereocenters. The van der Waals surface area contributed by atoms with Gasteiger partial charge in [0.15, 0.2) is 0 Å². The lowest BCUT2D eigenvalue weighted by molar-refractivity contribution is -0.140. The number of sulfonamides is 1. The molecule has 34 heavy (non-hydrogen) atoms. The van der Waals surface area contributed by atoms with E-state index in [2.05, 4.69) is 5.32 Å². The molecular formula is C23H28Cl3N3O4S. The number of amides is 2. The minimum absolute atomic E-state index is 0.104. The molecule has 2 rings (SSSR count). The molecule has 0 aromatic heterocycles. The number of hydrogen-bond acceptors (Lipinski definition) is 4. The smallest absolute Gasteiger partial charge is 0.244 e. The molecular weight excluding hydrogens is 521 g/mol. The first-order chi connectivity index (χ1) is 16.0. The molecule has 0 radical (unpaired) electrons. The second-order valence-electron chi connectivity index (χ2n) is 7.73. The van der Waals surface area contributed by atoms with E-state index in [-0.39, 0.29) is 28.2 Å². The molecule has 2 aromatic carbocycles. The topological polar surface area (TPSA) is 86.8 Å². The van der Waals surface area contributed by atoms with Gasteiger partial charge in [-0.3, -0.25) is 13.9 Å². The summed E-state index contributed by atoms with van der Waals surface area (Å²) in [7, 11) is -3.86. The maximum atomic E-state index is 13.5. The van der Waals surface area contributed by atoms with Gasteiger partial charge in [0, 0.05) is 18.1 Å². The van der Waals surface area contributed by atoms with E-state index in [4.69, 9.17) is 34.8 Å². The molecule has 2 amide bonds. The van der Waals surface area contributed by atoms with Crippen molar-refractivity contribution in [2.45, 2.75) is 39.3 Å². The van der Waals surface area contributed by atoms with Gasteiger partial charge >= 0.3 is 0 Å². The van der Waals surface area contributed by atoms with Gasteiger partial charge in [0.05, 0.1) is 22.0 Å². The van der Waals surface area contributed by atoms with E-state index in [0.29, 0.717) is 18.0 Å². The minimum atomic E-state index is -3.86. The van der Waals surface area contributed by atoms with Crippen LogP contribution in [0, 0.1) is 0 Å². The summed E-state index contributed by atoms with van der Waals surface area (Å²) in [4.78, 5) is 27.8. The molecule has 0 saturated heterocycles. The fourth-order valence-electron chi connectivity index (χ4n) is 3.33. The van der Waals surface area contributed by atoms with Gasteiger partial charge in [0.25, 0.3) is 0 Å². The van der Waals surface area contributed by atoms with Crippen LogP contribution in [0.1, 0.15) is 32.3 Å². The lowest BCUT2D eigenvalue weighted by Gasteiger charge is -2.33. The Morgan fingerprint density at radius 1 is 1.00 bits per heavy atom. The number of carbonyl (C=O) groups is 2. The molecule has 0 bridgehead atoms. The Balaban J connectivity index is 2.43. The molecule has 0 aliphatic heterocycles. The van der Waals surface area contributed by atoms with Gasteiger partial charge in [-0.2, -0.15) is 0 Å². The van der Waals surface area contributed by atoms with Gasteiger partial charge in [-0.25, -0.2) is 8.42 Å². The highest BCUT2D eigenvalue weighted by Crippen LogP contribution is 2.28. The maximum absolute atomic E-state index is 13.5. The van der Waals surface area contributed by atoms with E-state index in [1.165, 1.54) is 23.1 Å². The van der Waals surface area contributed by atoms with Crippen molar-refractivity contribution in [2.24, 2.45) is 0 Å². The van der Waals surface area contributed by atoms with Crippen LogP contribution in [-0.2, 0) is 26.2 Å². The highest BCUT2D eigenvalue weighted by atomic mass is 35.5. The average molecular weight is 549 g/mol. The van der Waals surface area contributed by atoms with Crippen LogP contribution in [0.25, 0.3) is 0 Å². The minimum Gasteiger partial charge on any atom is -0.354 e. The summed E-state index contributed by atoms with van der Waals surface area (Å²) in [6.07, 6.45) is 2.09. The van der Waals surface area contributed by atoms with E-state index < -0.39 is 28.5 Å². The molecule has 0 fully saturated rings. The molecule has 0 unspecified atom stereocenters. The predicted molar refractivity (Wildman–Crippen MR) is 138 cm³/mol. The number of nitrogens with zero attached hydrogens (tertiary/aromatic N) is 2. The Hall–Kier alpha value is -2.00. The van der Waals surface area contributed by atoms with E-state index in [9.17, 15) is 18.0 Å². The van der Waals surface area contributed by atoms with Crippen LogP contribution in [0.5, 0.6) is 0 Å². The van der Waals surface area contributed by atoms with Crippen LogP contribution >= 0.6 is 34.8 Å². The number of anilines is 1. The first-order valence-corrected chi connectivity index (χ1v) is 13.7. The molecule has 7 nitrogen and oxygen atoms in total. The third-order valence-corrected chi connectivity index (χ3v) is 7.20. The van der Waals surface area contributed by atoms with Crippen LogP contribution in [-0.4, -0.2) is 50.5 Å². The third kappa shape index (κ3) is 7.77. The fraction of sp³-hybridized carbons (Fsp3) is 0.391. The summed E-state index contributed by atoms with van der Waals surface area (Å²) >= 11 is 18.0. The molecule has 2 aromatic rings. The number of hydrogen-bond donors (Lipinski definition) is 1. The van der Waals surface area contributed by atoms with Crippen LogP contribution in [0.3, 0.4) is 0 Å². The van der Waals surface area contributed by atoms with Crippen LogP contribution in [0.15, 0.2) is 42.5 Å². The van der Waals surface area contributed by atoms with Crippen molar-refractivity contribution in [3.8, 4) is 0 Å². The average Bonchev–Trinajstić information content (AvgIpc) is 2.78. The zero-order valence-corrected chi connectivity index (χ0v) is 22.3. The van der Waals surface area contributed by atoms with E-state index >= 15 is 0 Å². The summed E-state index contributed by atoms with van der Waals surface area (Å²) in [5.41, 5.74) is 0.945. The number of nitrogens with one attached hydrogen (secondary N) is 1. The van der Waals surface area contributed by atoms with Crippen molar-refractivity contribution in [2.75, 3.05) is 23.7 Å². The number of halogens is 3. The first kappa shape index (κ1) is 28.2. The number of rotatable bonds is 11. The zero-order valence-electron chi connectivity index (χ0n) is 19.2.